The minimum Gasteiger partial charge on any atom is -0.493 e. The van der Waals surface area contributed by atoms with Crippen LogP contribution in [0.1, 0.15) is 27.2 Å². The van der Waals surface area contributed by atoms with Gasteiger partial charge in [0.2, 0.25) is 0 Å². The van der Waals surface area contributed by atoms with E-state index in [9.17, 15) is 0 Å². The zero-order valence-corrected chi connectivity index (χ0v) is 12.9. The van der Waals surface area contributed by atoms with Crippen molar-refractivity contribution in [1.29, 1.82) is 0 Å². The fraction of sp³-hybridized carbons (Fsp3) is 0.529. The fourth-order valence-corrected chi connectivity index (χ4v) is 2.32. The van der Waals surface area contributed by atoms with E-state index in [0.29, 0.717) is 5.92 Å². The highest BCUT2D eigenvalue weighted by Crippen LogP contribution is 2.26. The Kier molecular flexibility index (Phi) is 5.48. The first-order valence-corrected chi connectivity index (χ1v) is 7.63. The number of fused-ring (bicyclic) bond motifs is 1. The van der Waals surface area contributed by atoms with Crippen LogP contribution in [0.2, 0.25) is 0 Å². The molecule has 1 aromatic heterocycles. The molecular weight excluding hydrogens is 248 g/mol. The van der Waals surface area contributed by atoms with Gasteiger partial charge in [-0.2, -0.15) is 0 Å². The lowest BCUT2D eigenvalue weighted by atomic mass is 10.2. The molecule has 0 radical (unpaired) electrons. The van der Waals surface area contributed by atoms with Crippen molar-refractivity contribution in [3.63, 3.8) is 0 Å². The van der Waals surface area contributed by atoms with Crippen molar-refractivity contribution in [1.82, 2.24) is 9.88 Å². The Morgan fingerprint density at radius 2 is 2.10 bits per heavy atom. The Labute approximate surface area is 121 Å². The van der Waals surface area contributed by atoms with E-state index in [4.69, 9.17) is 4.74 Å². The summed E-state index contributed by atoms with van der Waals surface area (Å²) < 4.78 is 8.10. The van der Waals surface area contributed by atoms with Gasteiger partial charge in [0.05, 0.1) is 12.1 Å². The summed E-state index contributed by atoms with van der Waals surface area (Å²) in [5.41, 5.74) is 1.25. The predicted octanol–water partition coefficient (Wildman–Crippen LogP) is 3.68. The molecule has 1 N–H and O–H groups in total. The van der Waals surface area contributed by atoms with Gasteiger partial charge in [0.25, 0.3) is 0 Å². The molecule has 0 aliphatic carbocycles. The summed E-state index contributed by atoms with van der Waals surface area (Å²) in [5, 5.41) is 4.70. The molecule has 0 aliphatic heterocycles. The molecule has 110 valence electrons. The lowest BCUT2D eigenvalue weighted by molar-refractivity contribution is 0.321. The van der Waals surface area contributed by atoms with E-state index in [1.54, 1.807) is 0 Å². The minimum absolute atomic E-state index is 0.699. The van der Waals surface area contributed by atoms with Crippen molar-refractivity contribution in [2.75, 3.05) is 19.7 Å². The number of hydrogen-bond donors (Lipinski definition) is 1. The molecule has 0 unspecified atom stereocenters. The topological polar surface area (TPSA) is 26.2 Å². The summed E-state index contributed by atoms with van der Waals surface area (Å²) in [7, 11) is 0. The molecule has 1 heterocycles. The SMILES string of the molecule is CCCOc1cccc2c1ccn2CCNCC(C)C. The number of ether oxygens (including phenoxy) is 1. The summed E-state index contributed by atoms with van der Waals surface area (Å²) in [6.07, 6.45) is 3.19. The number of benzene rings is 1. The Balaban J connectivity index is 2.04. The van der Waals surface area contributed by atoms with Gasteiger partial charge in [0.15, 0.2) is 0 Å². The number of hydrogen-bond acceptors (Lipinski definition) is 2. The van der Waals surface area contributed by atoms with E-state index in [-0.39, 0.29) is 0 Å². The molecule has 2 rings (SSSR count). The standard InChI is InChI=1S/C17H26N2O/c1-4-12-20-17-7-5-6-16-15(17)8-10-19(16)11-9-18-13-14(2)3/h5-8,10,14,18H,4,9,11-13H2,1-3H3. The number of aromatic nitrogens is 1. The van der Waals surface area contributed by atoms with Gasteiger partial charge in [-0.05, 0) is 37.1 Å². The molecular formula is C17H26N2O. The largest absolute Gasteiger partial charge is 0.493 e. The van der Waals surface area contributed by atoms with Crippen molar-refractivity contribution < 1.29 is 4.74 Å². The van der Waals surface area contributed by atoms with E-state index in [1.807, 2.05) is 0 Å². The summed E-state index contributed by atoms with van der Waals surface area (Å²) in [6, 6.07) is 8.45. The maximum absolute atomic E-state index is 5.81. The number of nitrogens with zero attached hydrogens (tertiary/aromatic N) is 1. The molecule has 2 aromatic rings. The Bertz CT molecular complexity index is 531. The molecule has 0 bridgehead atoms. The van der Waals surface area contributed by atoms with Crippen LogP contribution < -0.4 is 10.1 Å². The van der Waals surface area contributed by atoms with Crippen LogP contribution in [-0.4, -0.2) is 24.3 Å². The lowest BCUT2D eigenvalue weighted by Crippen LogP contribution is -2.23. The van der Waals surface area contributed by atoms with Gasteiger partial charge in [-0.1, -0.05) is 26.8 Å². The van der Waals surface area contributed by atoms with Crippen molar-refractivity contribution in [2.45, 2.75) is 33.7 Å². The maximum atomic E-state index is 5.81. The Hall–Kier alpha value is -1.48. The summed E-state index contributed by atoms with van der Waals surface area (Å²) >= 11 is 0. The Morgan fingerprint density at radius 3 is 2.85 bits per heavy atom. The first-order chi connectivity index (χ1) is 9.72. The average molecular weight is 274 g/mol. The monoisotopic (exact) mass is 274 g/mol. The van der Waals surface area contributed by atoms with E-state index in [1.165, 1.54) is 10.9 Å². The molecule has 20 heavy (non-hydrogen) atoms. The van der Waals surface area contributed by atoms with Crippen molar-refractivity contribution in [3.05, 3.63) is 30.5 Å². The molecule has 0 atom stereocenters. The van der Waals surface area contributed by atoms with Crippen molar-refractivity contribution in [2.24, 2.45) is 5.92 Å². The molecule has 0 saturated carbocycles. The van der Waals surface area contributed by atoms with E-state index >= 15 is 0 Å². The molecule has 3 heteroatoms. The molecule has 0 fully saturated rings. The van der Waals surface area contributed by atoms with Gasteiger partial charge < -0.3 is 14.6 Å². The third-order valence-electron chi connectivity index (χ3n) is 3.32. The van der Waals surface area contributed by atoms with Crippen LogP contribution in [0.5, 0.6) is 5.75 Å². The highest BCUT2D eigenvalue weighted by atomic mass is 16.5. The van der Waals surface area contributed by atoms with Crippen LogP contribution in [0.3, 0.4) is 0 Å². The van der Waals surface area contributed by atoms with Gasteiger partial charge in [0, 0.05) is 24.7 Å². The maximum Gasteiger partial charge on any atom is 0.128 e. The first kappa shape index (κ1) is 14.9. The zero-order chi connectivity index (χ0) is 14.4. The van der Waals surface area contributed by atoms with Crippen LogP contribution in [0.4, 0.5) is 0 Å². The van der Waals surface area contributed by atoms with Gasteiger partial charge >= 0.3 is 0 Å². The van der Waals surface area contributed by atoms with E-state index in [0.717, 1.165) is 38.4 Å². The molecule has 1 aromatic carbocycles. The smallest absolute Gasteiger partial charge is 0.128 e. The second-order valence-corrected chi connectivity index (χ2v) is 5.64. The van der Waals surface area contributed by atoms with E-state index in [2.05, 4.69) is 61.1 Å². The molecule has 3 nitrogen and oxygen atoms in total. The molecule has 0 amide bonds. The van der Waals surface area contributed by atoms with Gasteiger partial charge in [-0.3, -0.25) is 0 Å². The highest BCUT2D eigenvalue weighted by Gasteiger charge is 2.06. The third-order valence-corrected chi connectivity index (χ3v) is 3.32. The zero-order valence-electron chi connectivity index (χ0n) is 12.9. The van der Waals surface area contributed by atoms with Gasteiger partial charge in [0.1, 0.15) is 5.75 Å². The van der Waals surface area contributed by atoms with Crippen LogP contribution >= 0.6 is 0 Å². The number of nitrogens with one attached hydrogen (secondary N) is 1. The number of rotatable bonds is 8. The predicted molar refractivity (Wildman–Crippen MR) is 85.4 cm³/mol. The second kappa shape index (κ2) is 7.34. The Morgan fingerprint density at radius 1 is 1.25 bits per heavy atom. The van der Waals surface area contributed by atoms with E-state index < -0.39 is 0 Å². The van der Waals surface area contributed by atoms with Gasteiger partial charge in [-0.15, -0.1) is 0 Å². The van der Waals surface area contributed by atoms with Crippen molar-refractivity contribution >= 4 is 10.9 Å². The molecule has 0 aliphatic rings. The third kappa shape index (κ3) is 3.76. The second-order valence-electron chi connectivity index (χ2n) is 5.64. The fourth-order valence-electron chi connectivity index (χ4n) is 2.32. The van der Waals surface area contributed by atoms with Crippen LogP contribution in [0, 0.1) is 5.92 Å². The highest BCUT2D eigenvalue weighted by molar-refractivity contribution is 5.86. The quantitative estimate of drug-likeness (QED) is 0.743. The first-order valence-electron chi connectivity index (χ1n) is 7.63. The molecule has 0 saturated heterocycles. The average Bonchev–Trinajstić information content (AvgIpc) is 2.85. The summed E-state index contributed by atoms with van der Waals surface area (Å²) in [4.78, 5) is 0. The normalized spacial score (nSPS) is 11.4. The van der Waals surface area contributed by atoms with Crippen LogP contribution in [-0.2, 0) is 6.54 Å². The lowest BCUT2D eigenvalue weighted by Gasteiger charge is -2.10. The summed E-state index contributed by atoms with van der Waals surface area (Å²) in [5.74, 6) is 1.70. The van der Waals surface area contributed by atoms with Crippen LogP contribution in [0.25, 0.3) is 10.9 Å². The van der Waals surface area contributed by atoms with Gasteiger partial charge in [-0.25, -0.2) is 0 Å². The summed E-state index contributed by atoms with van der Waals surface area (Å²) in [6.45, 7) is 10.4. The molecule has 0 spiro atoms. The minimum atomic E-state index is 0.699. The van der Waals surface area contributed by atoms with Crippen LogP contribution in [0.15, 0.2) is 30.5 Å². The van der Waals surface area contributed by atoms with Crippen molar-refractivity contribution in [3.8, 4) is 5.75 Å².